The van der Waals surface area contributed by atoms with Crippen LogP contribution in [-0.4, -0.2) is 10.9 Å². The van der Waals surface area contributed by atoms with Crippen molar-refractivity contribution in [3.05, 3.63) is 58.4 Å². The van der Waals surface area contributed by atoms with Gasteiger partial charge in [0.1, 0.15) is 5.69 Å². The Hall–Kier alpha value is -2.16. The number of carbonyl (C=O) groups is 1. The number of hydrogen-bond donors (Lipinski definition) is 1. The normalized spacial score (nSPS) is 10.3. The summed E-state index contributed by atoms with van der Waals surface area (Å²) in [4.78, 5) is 16.5. The molecular weight excluding hydrogens is 236 g/mol. The molecule has 19 heavy (non-hydrogen) atoms. The van der Waals surface area contributed by atoms with E-state index in [2.05, 4.69) is 10.3 Å². The SMILES string of the molecule is Cc1cc(C)nc(C(=O)Nc2cccc(C)c2C)c1. The second-order valence-electron chi connectivity index (χ2n) is 4.87. The fourth-order valence-corrected chi connectivity index (χ4v) is 2.03. The van der Waals surface area contributed by atoms with E-state index in [0.29, 0.717) is 5.69 Å². The van der Waals surface area contributed by atoms with Crippen LogP contribution < -0.4 is 5.32 Å². The van der Waals surface area contributed by atoms with Crippen LogP contribution in [0.15, 0.2) is 30.3 Å². The van der Waals surface area contributed by atoms with E-state index < -0.39 is 0 Å². The van der Waals surface area contributed by atoms with Gasteiger partial charge in [0.25, 0.3) is 5.91 Å². The number of benzene rings is 1. The van der Waals surface area contributed by atoms with Gasteiger partial charge in [-0.3, -0.25) is 4.79 Å². The maximum atomic E-state index is 12.2. The Morgan fingerprint density at radius 3 is 2.53 bits per heavy atom. The molecule has 0 aliphatic carbocycles. The summed E-state index contributed by atoms with van der Waals surface area (Å²) >= 11 is 0. The Morgan fingerprint density at radius 2 is 1.84 bits per heavy atom. The molecule has 0 atom stereocenters. The first kappa shape index (κ1) is 13.3. The van der Waals surface area contributed by atoms with Crippen molar-refractivity contribution in [2.75, 3.05) is 5.32 Å². The summed E-state index contributed by atoms with van der Waals surface area (Å²) in [6.45, 7) is 7.88. The molecule has 0 saturated heterocycles. The molecule has 3 nitrogen and oxygen atoms in total. The molecule has 2 rings (SSSR count). The lowest BCUT2D eigenvalue weighted by Crippen LogP contribution is -2.15. The van der Waals surface area contributed by atoms with E-state index in [4.69, 9.17) is 0 Å². The topological polar surface area (TPSA) is 42.0 Å². The lowest BCUT2D eigenvalue weighted by atomic mass is 10.1. The number of amides is 1. The van der Waals surface area contributed by atoms with E-state index in [0.717, 1.165) is 28.1 Å². The third kappa shape index (κ3) is 2.99. The third-order valence-electron chi connectivity index (χ3n) is 3.18. The van der Waals surface area contributed by atoms with Crippen molar-refractivity contribution in [2.24, 2.45) is 0 Å². The van der Waals surface area contributed by atoms with Crippen molar-refractivity contribution >= 4 is 11.6 Å². The maximum Gasteiger partial charge on any atom is 0.274 e. The number of carbonyl (C=O) groups excluding carboxylic acids is 1. The molecule has 3 heteroatoms. The molecule has 1 amide bonds. The minimum absolute atomic E-state index is 0.166. The second-order valence-corrected chi connectivity index (χ2v) is 4.87. The highest BCUT2D eigenvalue weighted by Gasteiger charge is 2.10. The van der Waals surface area contributed by atoms with Gasteiger partial charge in [-0.25, -0.2) is 4.98 Å². The van der Waals surface area contributed by atoms with Gasteiger partial charge in [0.05, 0.1) is 0 Å². The second kappa shape index (κ2) is 5.22. The number of aromatic nitrogens is 1. The summed E-state index contributed by atoms with van der Waals surface area (Å²) in [5, 5.41) is 2.92. The standard InChI is InChI=1S/C16H18N2O/c1-10-8-12(3)17-15(9-10)16(19)18-14-7-5-6-11(2)13(14)4/h5-9H,1-4H3,(H,18,19). The van der Waals surface area contributed by atoms with Crippen molar-refractivity contribution < 1.29 is 4.79 Å². The van der Waals surface area contributed by atoms with Crippen LogP contribution in [0.25, 0.3) is 0 Å². The van der Waals surface area contributed by atoms with Crippen LogP contribution in [-0.2, 0) is 0 Å². The van der Waals surface area contributed by atoms with Gasteiger partial charge < -0.3 is 5.32 Å². The van der Waals surface area contributed by atoms with Crippen LogP contribution in [0.5, 0.6) is 0 Å². The molecule has 0 aliphatic rings. The molecule has 1 aromatic heterocycles. The predicted molar refractivity (Wildman–Crippen MR) is 77.6 cm³/mol. The smallest absolute Gasteiger partial charge is 0.274 e. The summed E-state index contributed by atoms with van der Waals surface area (Å²) in [7, 11) is 0. The molecule has 0 spiro atoms. The number of hydrogen-bond acceptors (Lipinski definition) is 2. The van der Waals surface area contributed by atoms with E-state index in [1.165, 1.54) is 0 Å². The van der Waals surface area contributed by atoms with Crippen LogP contribution in [0.3, 0.4) is 0 Å². The molecule has 0 bridgehead atoms. The zero-order chi connectivity index (χ0) is 14.0. The first-order valence-electron chi connectivity index (χ1n) is 6.30. The average molecular weight is 254 g/mol. The van der Waals surface area contributed by atoms with E-state index in [9.17, 15) is 4.79 Å². The zero-order valence-corrected chi connectivity index (χ0v) is 11.7. The van der Waals surface area contributed by atoms with Crippen molar-refractivity contribution in [2.45, 2.75) is 27.7 Å². The first-order valence-corrected chi connectivity index (χ1v) is 6.30. The molecule has 0 fully saturated rings. The first-order chi connectivity index (χ1) is 8.97. The maximum absolute atomic E-state index is 12.2. The molecule has 0 aliphatic heterocycles. The Kier molecular flexibility index (Phi) is 3.65. The van der Waals surface area contributed by atoms with Gasteiger partial charge in [0.2, 0.25) is 0 Å². The highest BCUT2D eigenvalue weighted by Crippen LogP contribution is 2.18. The van der Waals surface area contributed by atoms with Crippen LogP contribution in [0.1, 0.15) is 32.9 Å². The van der Waals surface area contributed by atoms with E-state index in [1.807, 2.05) is 52.0 Å². The Morgan fingerprint density at radius 1 is 1.11 bits per heavy atom. The molecule has 0 saturated carbocycles. The molecule has 1 aromatic carbocycles. The Labute approximate surface area is 113 Å². The summed E-state index contributed by atoms with van der Waals surface area (Å²) in [5.74, 6) is -0.166. The van der Waals surface area contributed by atoms with Crippen molar-refractivity contribution in [1.82, 2.24) is 4.98 Å². The molecular formula is C16H18N2O. The fourth-order valence-electron chi connectivity index (χ4n) is 2.03. The van der Waals surface area contributed by atoms with Crippen LogP contribution >= 0.6 is 0 Å². The van der Waals surface area contributed by atoms with Crippen LogP contribution in [0.4, 0.5) is 5.69 Å². The number of pyridine rings is 1. The van der Waals surface area contributed by atoms with Crippen LogP contribution in [0, 0.1) is 27.7 Å². The molecule has 2 aromatic rings. The van der Waals surface area contributed by atoms with Crippen LogP contribution in [0.2, 0.25) is 0 Å². The lowest BCUT2D eigenvalue weighted by Gasteiger charge is -2.10. The van der Waals surface area contributed by atoms with Gasteiger partial charge in [-0.15, -0.1) is 0 Å². The molecule has 0 unspecified atom stereocenters. The minimum atomic E-state index is -0.166. The molecule has 98 valence electrons. The number of rotatable bonds is 2. The average Bonchev–Trinajstić information content (AvgIpc) is 2.33. The summed E-state index contributed by atoms with van der Waals surface area (Å²) in [6.07, 6.45) is 0. The number of aryl methyl sites for hydroxylation is 3. The quantitative estimate of drug-likeness (QED) is 0.890. The van der Waals surface area contributed by atoms with E-state index in [1.54, 1.807) is 6.07 Å². The van der Waals surface area contributed by atoms with Crippen molar-refractivity contribution in [1.29, 1.82) is 0 Å². The van der Waals surface area contributed by atoms with Gasteiger partial charge in [-0.2, -0.15) is 0 Å². The van der Waals surface area contributed by atoms with Crippen molar-refractivity contribution in [3.8, 4) is 0 Å². The minimum Gasteiger partial charge on any atom is -0.320 e. The van der Waals surface area contributed by atoms with Gasteiger partial charge in [0, 0.05) is 11.4 Å². The summed E-state index contributed by atoms with van der Waals surface area (Å²) < 4.78 is 0. The molecule has 1 N–H and O–H groups in total. The monoisotopic (exact) mass is 254 g/mol. The predicted octanol–water partition coefficient (Wildman–Crippen LogP) is 3.57. The fraction of sp³-hybridized carbons (Fsp3) is 0.250. The van der Waals surface area contributed by atoms with Crippen molar-refractivity contribution in [3.63, 3.8) is 0 Å². The lowest BCUT2D eigenvalue weighted by molar-refractivity contribution is 0.102. The van der Waals surface area contributed by atoms with Gasteiger partial charge in [-0.1, -0.05) is 12.1 Å². The van der Waals surface area contributed by atoms with Gasteiger partial charge >= 0.3 is 0 Å². The van der Waals surface area contributed by atoms with Gasteiger partial charge in [0.15, 0.2) is 0 Å². The van der Waals surface area contributed by atoms with E-state index in [-0.39, 0.29) is 5.91 Å². The summed E-state index contributed by atoms with van der Waals surface area (Å²) in [5.41, 5.74) is 5.43. The van der Waals surface area contributed by atoms with E-state index >= 15 is 0 Å². The number of nitrogens with one attached hydrogen (secondary N) is 1. The highest BCUT2D eigenvalue weighted by atomic mass is 16.1. The largest absolute Gasteiger partial charge is 0.320 e. The third-order valence-corrected chi connectivity index (χ3v) is 3.18. The Balaban J connectivity index is 2.28. The molecule has 1 heterocycles. The Bertz CT molecular complexity index is 612. The number of anilines is 1. The van der Waals surface area contributed by atoms with Gasteiger partial charge in [-0.05, 0) is 62.6 Å². The number of nitrogens with zero attached hydrogens (tertiary/aromatic N) is 1. The highest BCUT2D eigenvalue weighted by molar-refractivity contribution is 6.03. The molecule has 0 radical (unpaired) electrons. The zero-order valence-electron chi connectivity index (χ0n) is 11.7. The summed E-state index contributed by atoms with van der Waals surface area (Å²) in [6, 6.07) is 9.62.